The van der Waals surface area contributed by atoms with E-state index in [9.17, 15) is 9.59 Å². The Balaban J connectivity index is 1.32. The zero-order chi connectivity index (χ0) is 18.1. The predicted molar refractivity (Wildman–Crippen MR) is 97.6 cm³/mol. The summed E-state index contributed by atoms with van der Waals surface area (Å²) in [7, 11) is 0. The van der Waals surface area contributed by atoms with E-state index >= 15 is 0 Å². The predicted octanol–water partition coefficient (Wildman–Crippen LogP) is 1.08. The van der Waals surface area contributed by atoms with Crippen LogP contribution in [0.5, 0.6) is 0 Å². The number of hydrogen-bond donors (Lipinski definition) is 0. The highest BCUT2D eigenvalue weighted by Crippen LogP contribution is 2.32. The maximum atomic E-state index is 12.9. The van der Waals surface area contributed by atoms with E-state index in [0.29, 0.717) is 6.54 Å². The summed E-state index contributed by atoms with van der Waals surface area (Å²) in [6.45, 7) is 6.34. The minimum atomic E-state index is -0.0284. The molecule has 1 unspecified atom stereocenters. The first-order chi connectivity index (χ1) is 12.6. The van der Waals surface area contributed by atoms with Crippen molar-refractivity contribution in [1.29, 1.82) is 0 Å². The summed E-state index contributed by atoms with van der Waals surface area (Å²) in [4.78, 5) is 40.0. The molecule has 0 radical (unpaired) electrons. The molecule has 7 heteroatoms. The molecule has 140 valence electrons. The zero-order valence-corrected chi connectivity index (χ0v) is 15.4. The molecule has 2 amide bonds. The van der Waals surface area contributed by atoms with Gasteiger partial charge >= 0.3 is 0 Å². The molecule has 0 bridgehead atoms. The van der Waals surface area contributed by atoms with Crippen LogP contribution in [0.4, 0.5) is 5.82 Å². The molecule has 1 aromatic heterocycles. The maximum Gasteiger partial charge on any atom is 0.227 e. The Hall–Kier alpha value is -2.18. The second-order valence-electron chi connectivity index (χ2n) is 7.67. The van der Waals surface area contributed by atoms with Gasteiger partial charge < -0.3 is 14.7 Å². The number of rotatable bonds is 3. The minimum Gasteiger partial charge on any atom is -0.353 e. The van der Waals surface area contributed by atoms with Gasteiger partial charge in [0.05, 0.1) is 5.92 Å². The molecule has 1 saturated carbocycles. The molecule has 3 heterocycles. The lowest BCUT2D eigenvalue weighted by molar-refractivity contribution is -0.141. The molecule has 26 heavy (non-hydrogen) atoms. The number of piperazine rings is 1. The van der Waals surface area contributed by atoms with Crippen molar-refractivity contribution in [1.82, 2.24) is 19.8 Å². The van der Waals surface area contributed by atoms with Gasteiger partial charge in [-0.3, -0.25) is 9.59 Å². The van der Waals surface area contributed by atoms with E-state index in [1.54, 1.807) is 6.20 Å². The quantitative estimate of drug-likeness (QED) is 0.810. The largest absolute Gasteiger partial charge is 0.353 e. The van der Waals surface area contributed by atoms with Crippen LogP contribution < -0.4 is 4.90 Å². The summed E-state index contributed by atoms with van der Waals surface area (Å²) in [6.07, 6.45) is 5.67. The number of piperidine rings is 1. The van der Waals surface area contributed by atoms with Crippen LogP contribution in [0.25, 0.3) is 0 Å². The summed E-state index contributed by atoms with van der Waals surface area (Å²) in [5.74, 6) is 2.40. The van der Waals surface area contributed by atoms with Gasteiger partial charge in [-0.25, -0.2) is 9.97 Å². The number of carbonyl (C=O) groups excluding carboxylic acids is 2. The Kier molecular flexibility index (Phi) is 4.78. The summed E-state index contributed by atoms with van der Waals surface area (Å²) in [6, 6.07) is 1.92. The molecule has 3 aliphatic rings. The lowest BCUT2D eigenvalue weighted by Gasteiger charge is -2.39. The molecule has 1 aromatic rings. The Morgan fingerprint density at radius 3 is 2.38 bits per heavy atom. The van der Waals surface area contributed by atoms with Crippen molar-refractivity contribution in [3.63, 3.8) is 0 Å². The maximum absolute atomic E-state index is 12.9. The van der Waals surface area contributed by atoms with Gasteiger partial charge in [-0.2, -0.15) is 0 Å². The first-order valence-electron chi connectivity index (χ1n) is 9.74. The molecule has 0 spiro atoms. The highest BCUT2D eigenvalue weighted by atomic mass is 16.2. The highest BCUT2D eigenvalue weighted by molar-refractivity contribution is 5.83. The smallest absolute Gasteiger partial charge is 0.227 e. The van der Waals surface area contributed by atoms with Crippen LogP contribution in [0.1, 0.15) is 31.5 Å². The second-order valence-corrected chi connectivity index (χ2v) is 7.67. The average molecular weight is 357 g/mol. The normalized spacial score (nSPS) is 23.9. The van der Waals surface area contributed by atoms with Gasteiger partial charge in [-0.15, -0.1) is 0 Å². The molecule has 2 saturated heterocycles. The number of aromatic nitrogens is 2. The van der Waals surface area contributed by atoms with Gasteiger partial charge in [-0.05, 0) is 38.7 Å². The molecule has 0 N–H and O–H groups in total. The monoisotopic (exact) mass is 357 g/mol. The van der Waals surface area contributed by atoms with Gasteiger partial charge in [0.25, 0.3) is 0 Å². The van der Waals surface area contributed by atoms with E-state index in [1.165, 1.54) is 0 Å². The van der Waals surface area contributed by atoms with E-state index in [2.05, 4.69) is 14.9 Å². The van der Waals surface area contributed by atoms with Gasteiger partial charge in [0.1, 0.15) is 11.6 Å². The van der Waals surface area contributed by atoms with Crippen LogP contribution in [0, 0.1) is 18.8 Å². The molecular formula is C19H27N5O2. The van der Waals surface area contributed by atoms with Crippen LogP contribution >= 0.6 is 0 Å². The number of aryl methyl sites for hydroxylation is 1. The molecule has 7 nitrogen and oxygen atoms in total. The summed E-state index contributed by atoms with van der Waals surface area (Å²) < 4.78 is 0. The fourth-order valence-corrected chi connectivity index (χ4v) is 4.00. The van der Waals surface area contributed by atoms with Crippen LogP contribution in [0.2, 0.25) is 0 Å². The number of nitrogens with zero attached hydrogens (tertiary/aromatic N) is 5. The summed E-state index contributed by atoms with van der Waals surface area (Å²) in [5, 5.41) is 0. The number of anilines is 1. The van der Waals surface area contributed by atoms with Crippen LogP contribution in [-0.4, -0.2) is 70.9 Å². The number of carbonyl (C=O) groups is 2. The minimum absolute atomic E-state index is 0.0284. The number of likely N-dealkylation sites (tertiary alicyclic amines) is 1. The second kappa shape index (κ2) is 7.21. The molecule has 1 atom stereocenters. The fraction of sp³-hybridized carbons (Fsp3) is 0.684. The summed E-state index contributed by atoms with van der Waals surface area (Å²) in [5.41, 5.74) is 0. The first-order valence-corrected chi connectivity index (χ1v) is 9.74. The van der Waals surface area contributed by atoms with Gasteiger partial charge in [0.15, 0.2) is 0 Å². The van der Waals surface area contributed by atoms with E-state index in [-0.39, 0.29) is 23.7 Å². The van der Waals surface area contributed by atoms with E-state index in [1.807, 2.05) is 22.8 Å². The van der Waals surface area contributed by atoms with Crippen LogP contribution in [-0.2, 0) is 9.59 Å². The third-order valence-corrected chi connectivity index (χ3v) is 5.69. The number of hydrogen-bond acceptors (Lipinski definition) is 5. The van der Waals surface area contributed by atoms with Crippen LogP contribution in [0.15, 0.2) is 12.3 Å². The average Bonchev–Trinajstić information content (AvgIpc) is 3.52. The number of amides is 2. The lowest BCUT2D eigenvalue weighted by atomic mass is 9.95. The fourth-order valence-electron chi connectivity index (χ4n) is 4.00. The van der Waals surface area contributed by atoms with Gasteiger partial charge in [0, 0.05) is 51.4 Å². The first kappa shape index (κ1) is 17.2. The Bertz CT molecular complexity index is 682. The van der Waals surface area contributed by atoms with E-state index < -0.39 is 0 Å². The van der Waals surface area contributed by atoms with Crippen molar-refractivity contribution in [3.8, 4) is 0 Å². The lowest BCUT2D eigenvalue weighted by Crippen LogP contribution is -2.53. The van der Waals surface area contributed by atoms with Crippen molar-refractivity contribution in [3.05, 3.63) is 18.1 Å². The molecule has 4 rings (SSSR count). The SMILES string of the molecule is Cc1nccc(N2CCN(C(=O)C3CCCN(C(=O)C4CC4)C3)CC2)n1. The molecule has 3 fully saturated rings. The molecular weight excluding hydrogens is 330 g/mol. The Labute approximate surface area is 154 Å². The highest BCUT2D eigenvalue weighted by Gasteiger charge is 2.38. The van der Waals surface area contributed by atoms with Crippen molar-refractivity contribution in [2.24, 2.45) is 11.8 Å². The van der Waals surface area contributed by atoms with Crippen molar-refractivity contribution >= 4 is 17.6 Å². The Morgan fingerprint density at radius 1 is 0.962 bits per heavy atom. The topological polar surface area (TPSA) is 69.6 Å². The summed E-state index contributed by atoms with van der Waals surface area (Å²) >= 11 is 0. The molecule has 1 aliphatic carbocycles. The van der Waals surface area contributed by atoms with Crippen molar-refractivity contribution in [2.75, 3.05) is 44.2 Å². The van der Waals surface area contributed by atoms with Crippen molar-refractivity contribution in [2.45, 2.75) is 32.6 Å². The third kappa shape index (κ3) is 3.66. The van der Waals surface area contributed by atoms with Gasteiger partial charge in [-0.1, -0.05) is 0 Å². The standard InChI is InChI=1S/C19H27N5O2/c1-14-20-7-6-17(21-14)22-9-11-23(12-10-22)19(26)16-3-2-8-24(13-16)18(25)15-4-5-15/h6-7,15-16H,2-5,8-13H2,1H3. The van der Waals surface area contributed by atoms with E-state index in [0.717, 1.165) is 70.0 Å². The van der Waals surface area contributed by atoms with Gasteiger partial charge in [0.2, 0.25) is 11.8 Å². The zero-order valence-electron chi connectivity index (χ0n) is 15.4. The molecule has 2 aliphatic heterocycles. The van der Waals surface area contributed by atoms with Crippen molar-refractivity contribution < 1.29 is 9.59 Å². The third-order valence-electron chi connectivity index (χ3n) is 5.69. The Morgan fingerprint density at radius 2 is 1.69 bits per heavy atom. The van der Waals surface area contributed by atoms with Crippen LogP contribution in [0.3, 0.4) is 0 Å². The van der Waals surface area contributed by atoms with E-state index in [4.69, 9.17) is 0 Å². The molecule has 0 aromatic carbocycles.